The Hall–Kier alpha value is -1.77. The van der Waals surface area contributed by atoms with Crippen molar-refractivity contribution in [2.75, 3.05) is 26.2 Å². The van der Waals surface area contributed by atoms with E-state index in [0.717, 1.165) is 0 Å². The molecule has 0 aromatic carbocycles. The minimum atomic E-state index is -0.859. The molecule has 0 aliphatic carbocycles. The first-order chi connectivity index (χ1) is 8.94. The summed E-state index contributed by atoms with van der Waals surface area (Å²) in [7, 11) is 0. The normalized spacial score (nSPS) is 22.7. The molecule has 0 radical (unpaired) electrons. The molecule has 1 rings (SSSR count). The van der Waals surface area contributed by atoms with E-state index in [9.17, 15) is 14.7 Å². The molecule has 0 aromatic rings. The number of nitrogens with zero attached hydrogens (tertiary/aromatic N) is 3. The zero-order valence-corrected chi connectivity index (χ0v) is 11.6. The zero-order chi connectivity index (χ0) is 14.5. The lowest BCUT2D eigenvalue weighted by atomic mass is 9.82. The van der Waals surface area contributed by atoms with Crippen LogP contribution in [0.15, 0.2) is 0 Å². The van der Waals surface area contributed by atoms with Gasteiger partial charge in [-0.25, -0.2) is 4.79 Å². The second-order valence-corrected chi connectivity index (χ2v) is 5.16. The van der Waals surface area contributed by atoms with Gasteiger partial charge in [-0.3, -0.25) is 4.79 Å². The number of carboxylic acid groups (broad SMARTS) is 1. The van der Waals surface area contributed by atoms with E-state index in [4.69, 9.17) is 5.26 Å². The SMILES string of the molecule is CCN(CCC#N)C(=O)N1CCCC(C)(C(=O)O)C1. The van der Waals surface area contributed by atoms with Gasteiger partial charge in [-0.15, -0.1) is 0 Å². The maximum Gasteiger partial charge on any atom is 0.320 e. The van der Waals surface area contributed by atoms with Gasteiger partial charge in [0.1, 0.15) is 0 Å². The Morgan fingerprint density at radius 3 is 2.74 bits per heavy atom. The van der Waals surface area contributed by atoms with Crippen LogP contribution in [0.2, 0.25) is 0 Å². The van der Waals surface area contributed by atoms with E-state index in [1.54, 1.807) is 16.7 Å². The fourth-order valence-corrected chi connectivity index (χ4v) is 2.35. The van der Waals surface area contributed by atoms with Gasteiger partial charge >= 0.3 is 12.0 Å². The molecule has 0 spiro atoms. The summed E-state index contributed by atoms with van der Waals surface area (Å²) in [6.45, 7) is 5.29. The third kappa shape index (κ3) is 3.60. The van der Waals surface area contributed by atoms with Crippen LogP contribution in [0.25, 0.3) is 0 Å². The highest BCUT2D eigenvalue weighted by molar-refractivity contribution is 5.78. The van der Waals surface area contributed by atoms with E-state index in [2.05, 4.69) is 0 Å². The van der Waals surface area contributed by atoms with Gasteiger partial charge in [0.2, 0.25) is 0 Å². The number of carboxylic acids is 1. The van der Waals surface area contributed by atoms with Crippen LogP contribution in [0.5, 0.6) is 0 Å². The summed E-state index contributed by atoms with van der Waals surface area (Å²) in [6.07, 6.45) is 1.59. The molecular formula is C13H21N3O3. The molecule has 1 heterocycles. The highest BCUT2D eigenvalue weighted by atomic mass is 16.4. The Balaban J connectivity index is 2.71. The Kier molecular flexibility index (Phi) is 5.16. The van der Waals surface area contributed by atoms with E-state index < -0.39 is 11.4 Å². The molecule has 2 amide bonds. The highest BCUT2D eigenvalue weighted by Crippen LogP contribution is 2.30. The lowest BCUT2D eigenvalue weighted by Crippen LogP contribution is -2.52. The van der Waals surface area contributed by atoms with Gasteiger partial charge in [0.05, 0.1) is 17.9 Å². The van der Waals surface area contributed by atoms with Gasteiger partial charge in [-0.1, -0.05) is 0 Å². The Labute approximate surface area is 113 Å². The van der Waals surface area contributed by atoms with Crippen LogP contribution in [0, 0.1) is 16.7 Å². The van der Waals surface area contributed by atoms with Crippen LogP contribution < -0.4 is 0 Å². The first-order valence-electron chi connectivity index (χ1n) is 6.59. The average Bonchev–Trinajstić information content (AvgIpc) is 2.39. The molecule has 1 saturated heterocycles. The summed E-state index contributed by atoms with van der Waals surface area (Å²) < 4.78 is 0. The topological polar surface area (TPSA) is 84.6 Å². The zero-order valence-electron chi connectivity index (χ0n) is 11.6. The number of nitriles is 1. The van der Waals surface area contributed by atoms with Crippen LogP contribution in [-0.2, 0) is 4.79 Å². The maximum absolute atomic E-state index is 12.3. The predicted octanol–water partition coefficient (Wildman–Crippen LogP) is 1.53. The van der Waals surface area contributed by atoms with Gasteiger partial charge in [0, 0.05) is 26.2 Å². The van der Waals surface area contributed by atoms with Gasteiger partial charge in [0.15, 0.2) is 0 Å². The average molecular weight is 267 g/mol. The second kappa shape index (κ2) is 6.41. The molecule has 6 nitrogen and oxygen atoms in total. The van der Waals surface area contributed by atoms with Crippen molar-refractivity contribution in [2.24, 2.45) is 5.41 Å². The molecule has 0 aromatic heterocycles. The molecule has 19 heavy (non-hydrogen) atoms. The van der Waals surface area contributed by atoms with E-state index in [-0.39, 0.29) is 12.6 Å². The fraction of sp³-hybridized carbons (Fsp3) is 0.769. The van der Waals surface area contributed by atoms with Gasteiger partial charge in [-0.2, -0.15) is 5.26 Å². The van der Waals surface area contributed by atoms with Crippen molar-refractivity contribution < 1.29 is 14.7 Å². The molecule has 1 fully saturated rings. The number of likely N-dealkylation sites (tertiary alicyclic amines) is 1. The summed E-state index contributed by atoms with van der Waals surface area (Å²) >= 11 is 0. The second-order valence-electron chi connectivity index (χ2n) is 5.16. The predicted molar refractivity (Wildman–Crippen MR) is 69.4 cm³/mol. The smallest absolute Gasteiger partial charge is 0.320 e. The molecule has 1 N–H and O–H groups in total. The van der Waals surface area contributed by atoms with Gasteiger partial charge in [-0.05, 0) is 26.7 Å². The standard InChI is InChI=1S/C13H21N3O3/c1-3-15(9-5-7-14)12(19)16-8-4-6-13(2,10-16)11(17)18/h3-6,8-10H2,1-2H3,(H,17,18). The van der Waals surface area contributed by atoms with Crippen LogP contribution in [0.4, 0.5) is 4.79 Å². The van der Waals surface area contributed by atoms with E-state index in [0.29, 0.717) is 38.9 Å². The molecule has 1 aliphatic rings. The van der Waals surface area contributed by atoms with Crippen molar-refractivity contribution >= 4 is 12.0 Å². The molecule has 106 valence electrons. The Bertz CT molecular complexity index is 391. The molecule has 6 heteroatoms. The highest BCUT2D eigenvalue weighted by Gasteiger charge is 2.40. The number of carbonyl (C=O) groups excluding carboxylic acids is 1. The van der Waals surface area contributed by atoms with Crippen molar-refractivity contribution in [3.8, 4) is 6.07 Å². The van der Waals surface area contributed by atoms with Crippen molar-refractivity contribution in [3.05, 3.63) is 0 Å². The van der Waals surface area contributed by atoms with Crippen LogP contribution in [0.3, 0.4) is 0 Å². The maximum atomic E-state index is 12.3. The minimum Gasteiger partial charge on any atom is -0.481 e. The van der Waals surface area contributed by atoms with E-state index in [1.165, 1.54) is 0 Å². The summed E-state index contributed by atoms with van der Waals surface area (Å²) in [5.41, 5.74) is -0.859. The molecule has 1 unspecified atom stereocenters. The lowest BCUT2D eigenvalue weighted by Gasteiger charge is -2.39. The Morgan fingerprint density at radius 2 is 2.21 bits per heavy atom. The summed E-state index contributed by atoms with van der Waals surface area (Å²) in [5, 5.41) is 17.8. The first-order valence-corrected chi connectivity index (χ1v) is 6.59. The molecule has 1 aliphatic heterocycles. The Morgan fingerprint density at radius 1 is 1.53 bits per heavy atom. The van der Waals surface area contributed by atoms with Crippen molar-refractivity contribution in [2.45, 2.75) is 33.1 Å². The van der Waals surface area contributed by atoms with Crippen molar-refractivity contribution in [1.82, 2.24) is 9.80 Å². The molecule has 0 bridgehead atoms. The van der Waals surface area contributed by atoms with Crippen molar-refractivity contribution in [1.29, 1.82) is 5.26 Å². The molecular weight excluding hydrogens is 246 g/mol. The number of piperidine rings is 1. The number of rotatable bonds is 4. The van der Waals surface area contributed by atoms with E-state index >= 15 is 0 Å². The number of carbonyl (C=O) groups is 2. The summed E-state index contributed by atoms with van der Waals surface area (Å²) in [4.78, 5) is 26.7. The number of urea groups is 1. The first kappa shape index (κ1) is 15.3. The quantitative estimate of drug-likeness (QED) is 0.837. The van der Waals surface area contributed by atoms with Gasteiger partial charge < -0.3 is 14.9 Å². The molecule has 0 saturated carbocycles. The van der Waals surface area contributed by atoms with Gasteiger partial charge in [0.25, 0.3) is 0 Å². The van der Waals surface area contributed by atoms with Crippen LogP contribution in [0.1, 0.15) is 33.1 Å². The number of aliphatic carboxylic acids is 1. The largest absolute Gasteiger partial charge is 0.481 e. The third-order valence-corrected chi connectivity index (χ3v) is 3.63. The number of amides is 2. The molecule has 1 atom stereocenters. The van der Waals surface area contributed by atoms with Crippen molar-refractivity contribution in [3.63, 3.8) is 0 Å². The van der Waals surface area contributed by atoms with Crippen LogP contribution in [-0.4, -0.2) is 53.1 Å². The summed E-state index contributed by atoms with van der Waals surface area (Å²) in [5.74, 6) is -0.856. The third-order valence-electron chi connectivity index (χ3n) is 3.63. The fourth-order valence-electron chi connectivity index (χ4n) is 2.35. The lowest BCUT2D eigenvalue weighted by molar-refractivity contribution is -0.150. The monoisotopic (exact) mass is 267 g/mol. The van der Waals surface area contributed by atoms with Crippen LogP contribution >= 0.6 is 0 Å². The number of hydrogen-bond acceptors (Lipinski definition) is 3. The van der Waals surface area contributed by atoms with E-state index in [1.807, 2.05) is 13.0 Å². The number of hydrogen-bond donors (Lipinski definition) is 1. The minimum absolute atomic E-state index is 0.162. The summed E-state index contributed by atoms with van der Waals surface area (Å²) in [6, 6.07) is 1.86.